The SMILES string of the molecule is CCNc1cc2c(cn1)c(-c1ccc(CN3CCN(CCOC)CC3)cc1)nn2[C@H]1CC[C@@H](Oc2ccc(=O)n(C)n2)CC1. The molecular formula is C33H44N8O3. The molecule has 2 fully saturated rings. The maximum absolute atomic E-state index is 11.7. The van der Waals surface area contributed by atoms with Gasteiger partial charge in [0.1, 0.15) is 17.6 Å². The molecule has 1 aliphatic carbocycles. The summed E-state index contributed by atoms with van der Waals surface area (Å²) in [6.07, 6.45) is 5.71. The molecule has 4 aromatic rings. The van der Waals surface area contributed by atoms with Gasteiger partial charge in [0.25, 0.3) is 5.56 Å². The highest BCUT2D eigenvalue weighted by atomic mass is 16.5. The fourth-order valence-electron chi connectivity index (χ4n) is 6.34. The smallest absolute Gasteiger partial charge is 0.266 e. The summed E-state index contributed by atoms with van der Waals surface area (Å²) >= 11 is 0. The molecule has 0 unspecified atom stereocenters. The van der Waals surface area contributed by atoms with Crippen molar-refractivity contribution in [1.29, 1.82) is 0 Å². The van der Waals surface area contributed by atoms with Crippen molar-refractivity contribution in [2.75, 3.05) is 58.3 Å². The number of nitrogens with one attached hydrogen (secondary N) is 1. The van der Waals surface area contributed by atoms with E-state index in [0.717, 1.165) is 106 Å². The van der Waals surface area contributed by atoms with Gasteiger partial charge in [-0.25, -0.2) is 9.67 Å². The van der Waals surface area contributed by atoms with Crippen molar-refractivity contribution < 1.29 is 9.47 Å². The van der Waals surface area contributed by atoms with Crippen LogP contribution in [0, 0.1) is 0 Å². The molecule has 4 heterocycles. The Morgan fingerprint density at radius 2 is 1.70 bits per heavy atom. The van der Waals surface area contributed by atoms with Gasteiger partial charge in [-0.2, -0.15) is 5.10 Å². The summed E-state index contributed by atoms with van der Waals surface area (Å²) < 4.78 is 14.9. The molecule has 11 heteroatoms. The van der Waals surface area contributed by atoms with Crippen LogP contribution in [0.3, 0.4) is 0 Å². The average Bonchev–Trinajstić information content (AvgIpc) is 3.42. The number of methoxy groups -OCH3 is 1. The van der Waals surface area contributed by atoms with Crippen molar-refractivity contribution in [1.82, 2.24) is 34.3 Å². The maximum Gasteiger partial charge on any atom is 0.266 e. The molecule has 1 N–H and O–H groups in total. The van der Waals surface area contributed by atoms with Gasteiger partial charge in [0.15, 0.2) is 0 Å². The summed E-state index contributed by atoms with van der Waals surface area (Å²) in [4.78, 5) is 21.4. The number of hydrogen-bond donors (Lipinski definition) is 1. The topological polar surface area (TPSA) is 103 Å². The summed E-state index contributed by atoms with van der Waals surface area (Å²) in [7, 11) is 3.41. The van der Waals surface area contributed by atoms with Crippen LogP contribution in [0.1, 0.15) is 44.2 Å². The molecule has 6 rings (SSSR count). The van der Waals surface area contributed by atoms with Crippen molar-refractivity contribution in [2.24, 2.45) is 7.05 Å². The minimum Gasteiger partial charge on any atom is -0.473 e. The molecule has 44 heavy (non-hydrogen) atoms. The summed E-state index contributed by atoms with van der Waals surface area (Å²) in [6.45, 7) is 9.99. The number of aryl methyl sites for hydroxylation is 1. The number of rotatable bonds is 11. The van der Waals surface area contributed by atoms with Crippen LogP contribution >= 0.6 is 0 Å². The Kier molecular flexibility index (Phi) is 9.54. The standard InChI is InChI=1S/C33H44N8O3/c1-4-34-30-21-29-28(22-35-30)33(25-7-5-24(6-8-25)23-40-17-15-39(16-18-40)19-20-43-3)37-41(29)26-9-11-27(12-10-26)44-31-13-14-32(42)38(2)36-31/h5-8,13-14,21-22,26-27H,4,9-12,15-20,23H2,1-3H3,(H,34,35)/t26-,27+. The van der Waals surface area contributed by atoms with Crippen LogP contribution < -0.4 is 15.6 Å². The Balaban J connectivity index is 1.16. The van der Waals surface area contributed by atoms with E-state index < -0.39 is 0 Å². The molecule has 0 bridgehead atoms. The van der Waals surface area contributed by atoms with Gasteiger partial charge >= 0.3 is 0 Å². The van der Waals surface area contributed by atoms with Crippen LogP contribution in [-0.2, 0) is 18.3 Å². The lowest BCUT2D eigenvalue weighted by Gasteiger charge is -2.34. The number of ether oxygens (including phenoxy) is 2. The first-order valence-corrected chi connectivity index (χ1v) is 15.9. The fourth-order valence-corrected chi connectivity index (χ4v) is 6.34. The molecule has 0 radical (unpaired) electrons. The number of benzene rings is 1. The van der Waals surface area contributed by atoms with Crippen molar-refractivity contribution in [3.63, 3.8) is 0 Å². The molecule has 1 saturated carbocycles. The Hall–Kier alpha value is -3.80. The zero-order chi connectivity index (χ0) is 30.5. The monoisotopic (exact) mass is 600 g/mol. The minimum atomic E-state index is -0.143. The number of fused-ring (bicyclic) bond motifs is 1. The third-order valence-corrected chi connectivity index (χ3v) is 8.87. The summed E-state index contributed by atoms with van der Waals surface area (Å²) in [5, 5.41) is 13.9. The number of pyridine rings is 1. The second kappa shape index (κ2) is 13.9. The van der Waals surface area contributed by atoms with Gasteiger partial charge in [-0.1, -0.05) is 24.3 Å². The van der Waals surface area contributed by atoms with Gasteiger partial charge in [-0.3, -0.25) is 19.3 Å². The van der Waals surface area contributed by atoms with E-state index in [4.69, 9.17) is 19.6 Å². The maximum atomic E-state index is 11.7. The van der Waals surface area contributed by atoms with Gasteiger partial charge in [0.2, 0.25) is 5.88 Å². The van der Waals surface area contributed by atoms with Crippen LogP contribution in [0.25, 0.3) is 22.2 Å². The molecule has 234 valence electrons. The average molecular weight is 601 g/mol. The highest BCUT2D eigenvalue weighted by Gasteiger charge is 2.27. The van der Waals surface area contributed by atoms with Crippen LogP contribution in [0.15, 0.2) is 53.5 Å². The number of nitrogens with zero attached hydrogens (tertiary/aromatic N) is 7. The largest absolute Gasteiger partial charge is 0.473 e. The van der Waals surface area contributed by atoms with E-state index in [1.165, 1.54) is 16.3 Å². The Bertz CT molecular complexity index is 1590. The molecule has 11 nitrogen and oxygen atoms in total. The fraction of sp³-hybridized carbons (Fsp3) is 0.515. The van der Waals surface area contributed by atoms with Crippen molar-refractivity contribution in [3.05, 3.63) is 64.6 Å². The van der Waals surface area contributed by atoms with Gasteiger partial charge in [-0.05, 0) is 38.2 Å². The Labute approximate surface area is 258 Å². The van der Waals surface area contributed by atoms with Crippen molar-refractivity contribution in [2.45, 2.75) is 51.3 Å². The van der Waals surface area contributed by atoms with E-state index in [-0.39, 0.29) is 17.7 Å². The lowest BCUT2D eigenvalue weighted by Crippen LogP contribution is -2.46. The third kappa shape index (κ3) is 6.95. The van der Waals surface area contributed by atoms with Crippen LogP contribution in [-0.4, -0.2) is 93.4 Å². The molecule has 1 saturated heterocycles. The molecule has 0 spiro atoms. The predicted molar refractivity (Wildman–Crippen MR) is 172 cm³/mol. The molecule has 1 aromatic carbocycles. The summed E-state index contributed by atoms with van der Waals surface area (Å²) in [5.74, 6) is 1.36. The van der Waals surface area contributed by atoms with Gasteiger partial charge in [0, 0.05) is 95.3 Å². The van der Waals surface area contributed by atoms with E-state index in [1.54, 1.807) is 20.2 Å². The van der Waals surface area contributed by atoms with E-state index in [2.05, 4.69) is 62.2 Å². The highest BCUT2D eigenvalue weighted by Crippen LogP contribution is 2.36. The van der Waals surface area contributed by atoms with Gasteiger partial charge in [-0.15, -0.1) is 5.10 Å². The first-order valence-electron chi connectivity index (χ1n) is 15.9. The summed E-state index contributed by atoms with van der Waals surface area (Å²) in [6, 6.07) is 14.5. The molecular weight excluding hydrogens is 556 g/mol. The zero-order valence-corrected chi connectivity index (χ0v) is 26.1. The second-order valence-corrected chi connectivity index (χ2v) is 11.9. The summed E-state index contributed by atoms with van der Waals surface area (Å²) in [5.41, 5.74) is 4.36. The Morgan fingerprint density at radius 3 is 2.41 bits per heavy atom. The van der Waals surface area contributed by atoms with E-state index in [1.807, 2.05) is 6.20 Å². The number of aromatic nitrogens is 5. The van der Waals surface area contributed by atoms with Crippen molar-refractivity contribution >= 4 is 16.7 Å². The lowest BCUT2D eigenvalue weighted by molar-refractivity contribution is 0.0938. The number of hydrogen-bond acceptors (Lipinski definition) is 9. The normalized spacial score (nSPS) is 19.8. The van der Waals surface area contributed by atoms with E-state index in [9.17, 15) is 4.79 Å². The Morgan fingerprint density at radius 1 is 0.955 bits per heavy atom. The van der Waals surface area contributed by atoms with E-state index in [0.29, 0.717) is 5.88 Å². The van der Waals surface area contributed by atoms with Gasteiger partial charge in [0.05, 0.1) is 18.2 Å². The predicted octanol–water partition coefficient (Wildman–Crippen LogP) is 3.95. The molecule has 0 amide bonds. The number of anilines is 1. The molecule has 3 aromatic heterocycles. The molecule has 1 aliphatic heterocycles. The van der Waals surface area contributed by atoms with Gasteiger partial charge < -0.3 is 14.8 Å². The quantitative estimate of drug-likeness (QED) is 0.274. The van der Waals surface area contributed by atoms with Crippen LogP contribution in [0.5, 0.6) is 5.88 Å². The zero-order valence-electron chi connectivity index (χ0n) is 26.1. The lowest BCUT2D eigenvalue weighted by atomic mass is 9.93. The van der Waals surface area contributed by atoms with Crippen molar-refractivity contribution in [3.8, 4) is 17.1 Å². The molecule has 0 atom stereocenters. The second-order valence-electron chi connectivity index (χ2n) is 11.9. The van der Waals surface area contributed by atoms with E-state index >= 15 is 0 Å². The molecule has 2 aliphatic rings. The first-order chi connectivity index (χ1) is 21.5. The number of piperazine rings is 1. The first kappa shape index (κ1) is 30.2. The van der Waals surface area contributed by atoms with Crippen LogP contribution in [0.4, 0.5) is 5.82 Å². The highest BCUT2D eigenvalue weighted by molar-refractivity contribution is 5.94. The van der Waals surface area contributed by atoms with Crippen LogP contribution in [0.2, 0.25) is 0 Å². The minimum absolute atomic E-state index is 0.0670. The third-order valence-electron chi connectivity index (χ3n) is 8.87.